The van der Waals surface area contributed by atoms with Crippen molar-refractivity contribution in [3.05, 3.63) is 64.3 Å². The number of ether oxygens (including phenoxy) is 1. The molecule has 0 bridgehead atoms. The van der Waals surface area contributed by atoms with Gasteiger partial charge in [0.05, 0.1) is 18.2 Å². The topological polar surface area (TPSA) is 116 Å². The number of oxazole rings is 1. The largest absolute Gasteiger partial charge is 0.444 e. The zero-order chi connectivity index (χ0) is 22.2. The first-order valence-electron chi connectivity index (χ1n) is 10.3. The molecule has 3 unspecified atom stereocenters. The number of Topliss-reactive ketones (excluding diaryl/α,β-unsaturated/α-hetero) is 1. The number of ketones is 1. The van der Waals surface area contributed by atoms with E-state index in [0.717, 1.165) is 4.88 Å². The van der Waals surface area contributed by atoms with E-state index in [0.29, 0.717) is 36.3 Å². The summed E-state index contributed by atoms with van der Waals surface area (Å²) in [5.74, 6) is -1.08. The molecule has 2 aromatic heterocycles. The van der Waals surface area contributed by atoms with Gasteiger partial charge in [-0.05, 0) is 42.0 Å². The smallest absolute Gasteiger partial charge is 0.249 e. The van der Waals surface area contributed by atoms with Crippen LogP contribution in [0.2, 0.25) is 0 Å². The van der Waals surface area contributed by atoms with E-state index in [1.807, 2.05) is 17.5 Å². The Balaban J connectivity index is 1.59. The van der Waals surface area contributed by atoms with Gasteiger partial charge in [-0.25, -0.2) is 4.98 Å². The number of carbonyl (C=O) groups excluding carboxylic acids is 3. The Bertz CT molecular complexity index is 1160. The van der Waals surface area contributed by atoms with Crippen LogP contribution in [0.4, 0.5) is 0 Å². The minimum atomic E-state index is -0.689. The molecule has 0 spiro atoms. The molecule has 2 N–H and O–H groups in total. The van der Waals surface area contributed by atoms with Crippen LogP contribution in [0.1, 0.15) is 33.1 Å². The zero-order valence-corrected chi connectivity index (χ0v) is 17.9. The number of carbonyl (C=O) groups is 3. The van der Waals surface area contributed by atoms with E-state index in [-0.39, 0.29) is 30.0 Å². The number of thiophene rings is 1. The second-order valence-electron chi connectivity index (χ2n) is 7.95. The van der Waals surface area contributed by atoms with Crippen molar-refractivity contribution in [1.29, 1.82) is 0 Å². The fourth-order valence-corrected chi connectivity index (χ4v) is 5.34. The molecule has 2 saturated heterocycles. The van der Waals surface area contributed by atoms with Gasteiger partial charge in [-0.15, -0.1) is 11.3 Å². The summed E-state index contributed by atoms with van der Waals surface area (Å²) in [7, 11) is 0. The number of fused-ring (bicyclic) bond motifs is 1. The van der Waals surface area contributed by atoms with E-state index in [4.69, 9.17) is 14.9 Å². The minimum Gasteiger partial charge on any atom is -0.444 e. The van der Waals surface area contributed by atoms with Gasteiger partial charge < -0.3 is 19.8 Å². The van der Waals surface area contributed by atoms with Crippen LogP contribution in [0.5, 0.6) is 0 Å². The number of aromatic nitrogens is 1. The highest BCUT2D eigenvalue weighted by Gasteiger charge is 2.48. The molecule has 9 heteroatoms. The van der Waals surface area contributed by atoms with E-state index >= 15 is 0 Å². The molecule has 2 amide bonds. The number of nitrogens with two attached hydrogens (primary N) is 1. The highest BCUT2D eigenvalue weighted by Crippen LogP contribution is 2.35. The average Bonchev–Trinajstić information content (AvgIpc) is 3.58. The van der Waals surface area contributed by atoms with Gasteiger partial charge in [0, 0.05) is 22.5 Å². The van der Waals surface area contributed by atoms with Gasteiger partial charge in [-0.2, -0.15) is 0 Å². The molecule has 164 valence electrons. The maximum absolute atomic E-state index is 13.9. The van der Waals surface area contributed by atoms with Gasteiger partial charge in [0.25, 0.3) is 0 Å². The van der Waals surface area contributed by atoms with Crippen molar-refractivity contribution in [3.8, 4) is 11.3 Å². The molecule has 5 rings (SSSR count). The summed E-state index contributed by atoms with van der Waals surface area (Å²) < 4.78 is 11.0. The Morgan fingerprint density at radius 2 is 2.19 bits per heavy atom. The Kier molecular flexibility index (Phi) is 5.36. The molecule has 8 nitrogen and oxygen atoms in total. The van der Waals surface area contributed by atoms with Gasteiger partial charge in [0.2, 0.25) is 11.8 Å². The van der Waals surface area contributed by atoms with Crippen LogP contribution in [0, 0.1) is 0 Å². The number of hydrogen-bond donors (Lipinski definition) is 1. The standard InChI is InChI=1S/C23H21N3O5S/c24-22(28)15-4-3-13(20-10-25-12-31-20)8-16(15)17(9-14-2-1-7-32-14)23(29)26-6-5-19-21(26)18(27)11-30-19/h1-4,7-8,10,12,17,19,21H,5-6,9,11H2,(H2,24,28). The van der Waals surface area contributed by atoms with Gasteiger partial charge in [0.1, 0.15) is 12.6 Å². The van der Waals surface area contributed by atoms with Crippen LogP contribution < -0.4 is 5.73 Å². The fourth-order valence-electron chi connectivity index (χ4n) is 4.59. The fraction of sp³-hybridized carbons (Fsp3) is 0.304. The first kappa shape index (κ1) is 20.6. The van der Waals surface area contributed by atoms with Crippen molar-refractivity contribution in [3.63, 3.8) is 0 Å². The summed E-state index contributed by atoms with van der Waals surface area (Å²) in [5, 5.41) is 1.94. The molecule has 32 heavy (non-hydrogen) atoms. The van der Waals surface area contributed by atoms with Crippen LogP contribution >= 0.6 is 11.3 Å². The van der Waals surface area contributed by atoms with E-state index in [2.05, 4.69) is 4.98 Å². The zero-order valence-electron chi connectivity index (χ0n) is 17.1. The monoisotopic (exact) mass is 451 g/mol. The molecular weight excluding hydrogens is 430 g/mol. The molecule has 1 aromatic carbocycles. The van der Waals surface area contributed by atoms with Crippen LogP contribution in [-0.4, -0.2) is 52.8 Å². The number of rotatable bonds is 6. The molecule has 2 aliphatic rings. The first-order valence-corrected chi connectivity index (χ1v) is 11.2. The predicted molar refractivity (Wildman–Crippen MR) is 116 cm³/mol. The quantitative estimate of drug-likeness (QED) is 0.615. The maximum atomic E-state index is 13.9. The second-order valence-corrected chi connectivity index (χ2v) is 8.98. The van der Waals surface area contributed by atoms with Gasteiger partial charge in [-0.1, -0.05) is 12.1 Å². The van der Waals surface area contributed by atoms with E-state index in [9.17, 15) is 14.4 Å². The molecule has 4 heterocycles. The van der Waals surface area contributed by atoms with Crippen molar-refractivity contribution in [2.24, 2.45) is 5.73 Å². The Morgan fingerprint density at radius 3 is 2.91 bits per heavy atom. The third-order valence-corrected chi connectivity index (χ3v) is 6.99. The highest BCUT2D eigenvalue weighted by atomic mass is 32.1. The first-order chi connectivity index (χ1) is 15.5. The van der Waals surface area contributed by atoms with E-state index in [1.54, 1.807) is 29.3 Å². The van der Waals surface area contributed by atoms with Crippen molar-refractivity contribution in [1.82, 2.24) is 9.88 Å². The third kappa shape index (κ3) is 3.63. The van der Waals surface area contributed by atoms with Gasteiger partial charge >= 0.3 is 0 Å². The lowest BCUT2D eigenvalue weighted by atomic mass is 9.87. The van der Waals surface area contributed by atoms with E-state index in [1.165, 1.54) is 17.7 Å². The maximum Gasteiger partial charge on any atom is 0.249 e. The van der Waals surface area contributed by atoms with Crippen LogP contribution in [-0.2, 0) is 20.7 Å². The summed E-state index contributed by atoms with van der Waals surface area (Å²) >= 11 is 1.54. The van der Waals surface area contributed by atoms with Crippen molar-refractivity contribution in [2.45, 2.75) is 30.9 Å². The molecular formula is C23H21N3O5S. The molecule has 3 atom stereocenters. The summed E-state index contributed by atoms with van der Waals surface area (Å²) in [6.45, 7) is 0.469. The van der Waals surface area contributed by atoms with Crippen molar-refractivity contribution < 1.29 is 23.5 Å². The lowest BCUT2D eigenvalue weighted by molar-refractivity contribution is -0.137. The molecule has 0 saturated carbocycles. The van der Waals surface area contributed by atoms with E-state index < -0.39 is 17.9 Å². The highest BCUT2D eigenvalue weighted by molar-refractivity contribution is 7.09. The summed E-state index contributed by atoms with van der Waals surface area (Å²) in [5.41, 5.74) is 7.16. The lowest BCUT2D eigenvalue weighted by Gasteiger charge is -2.28. The SMILES string of the molecule is NC(=O)c1ccc(-c2cnco2)cc1C(Cc1cccs1)C(=O)N1CCC2OCC(=O)C21. The Morgan fingerprint density at radius 1 is 1.31 bits per heavy atom. The van der Waals surface area contributed by atoms with Crippen LogP contribution in [0.25, 0.3) is 11.3 Å². The third-order valence-electron chi connectivity index (χ3n) is 6.09. The Hall–Kier alpha value is -3.30. The van der Waals surface area contributed by atoms with Crippen LogP contribution in [0.15, 0.2) is 52.7 Å². The number of primary amides is 1. The Labute approximate surface area is 188 Å². The molecule has 3 aromatic rings. The van der Waals surface area contributed by atoms with Crippen LogP contribution in [0.3, 0.4) is 0 Å². The number of nitrogens with zero attached hydrogens (tertiary/aromatic N) is 2. The summed E-state index contributed by atoms with van der Waals surface area (Å²) in [6, 6.07) is 8.39. The van der Waals surface area contributed by atoms with Crippen molar-refractivity contribution in [2.75, 3.05) is 13.2 Å². The number of benzene rings is 1. The number of amides is 2. The second kappa shape index (κ2) is 8.33. The molecule has 2 aliphatic heterocycles. The van der Waals surface area contributed by atoms with Gasteiger partial charge in [-0.3, -0.25) is 14.4 Å². The summed E-state index contributed by atoms with van der Waals surface area (Å²) in [4.78, 5) is 45.1. The summed E-state index contributed by atoms with van der Waals surface area (Å²) in [6.07, 6.45) is 3.64. The average molecular weight is 452 g/mol. The number of likely N-dealkylation sites (tertiary alicyclic amines) is 1. The molecule has 0 aliphatic carbocycles. The van der Waals surface area contributed by atoms with Gasteiger partial charge in [0.15, 0.2) is 17.9 Å². The van der Waals surface area contributed by atoms with Crippen molar-refractivity contribution >= 4 is 28.9 Å². The number of hydrogen-bond acceptors (Lipinski definition) is 7. The molecule has 2 fully saturated rings. The lowest BCUT2D eigenvalue weighted by Crippen LogP contribution is -2.44. The normalized spacial score (nSPS) is 21.0. The predicted octanol–water partition coefficient (Wildman–Crippen LogP) is 2.40. The molecule has 0 radical (unpaired) electrons. The minimum absolute atomic E-state index is 0.0300.